The zero-order valence-corrected chi connectivity index (χ0v) is 12.8. The van der Waals surface area contributed by atoms with Crippen molar-refractivity contribution in [3.05, 3.63) is 64.1 Å². The molecule has 0 radical (unpaired) electrons. The number of amides is 1. The molecule has 5 heteroatoms. The Labute approximate surface area is 133 Å². The molecule has 0 aliphatic carbocycles. The normalized spacial score (nSPS) is 10.2. The van der Waals surface area contributed by atoms with E-state index in [1.165, 1.54) is 0 Å². The van der Waals surface area contributed by atoms with Crippen LogP contribution in [0.2, 0.25) is 10.0 Å². The standard InChI is InChI=1S/C16H15Cl2NO2/c17-13-4-1-3-12(9-13)7-8-19-16(20)11-21-15-6-2-5-14(18)10-15/h1-6,9-10H,7-8,11H2,(H,19,20). The van der Waals surface area contributed by atoms with Crippen molar-refractivity contribution in [1.29, 1.82) is 0 Å². The maximum Gasteiger partial charge on any atom is 0.257 e. The molecule has 2 aromatic carbocycles. The minimum Gasteiger partial charge on any atom is -0.484 e. The summed E-state index contributed by atoms with van der Waals surface area (Å²) in [5.74, 6) is 0.407. The van der Waals surface area contributed by atoms with E-state index in [9.17, 15) is 4.79 Å². The lowest BCUT2D eigenvalue weighted by Crippen LogP contribution is -2.30. The average molecular weight is 324 g/mol. The third-order valence-corrected chi connectivity index (χ3v) is 3.26. The molecule has 2 aromatic rings. The summed E-state index contributed by atoms with van der Waals surface area (Å²) < 4.78 is 5.35. The Morgan fingerprint density at radius 2 is 1.76 bits per heavy atom. The maximum atomic E-state index is 11.7. The van der Waals surface area contributed by atoms with Gasteiger partial charge in [-0.15, -0.1) is 0 Å². The van der Waals surface area contributed by atoms with Gasteiger partial charge in [0.25, 0.3) is 5.91 Å². The van der Waals surface area contributed by atoms with Crippen molar-refractivity contribution < 1.29 is 9.53 Å². The zero-order chi connectivity index (χ0) is 15.1. The van der Waals surface area contributed by atoms with Crippen LogP contribution in [-0.2, 0) is 11.2 Å². The molecule has 1 amide bonds. The van der Waals surface area contributed by atoms with Gasteiger partial charge >= 0.3 is 0 Å². The number of rotatable bonds is 6. The van der Waals surface area contributed by atoms with Gasteiger partial charge < -0.3 is 10.1 Å². The van der Waals surface area contributed by atoms with E-state index in [1.54, 1.807) is 24.3 Å². The number of ether oxygens (including phenoxy) is 1. The van der Waals surface area contributed by atoms with Crippen molar-refractivity contribution in [3.63, 3.8) is 0 Å². The molecule has 0 aliphatic heterocycles. The highest BCUT2D eigenvalue weighted by Gasteiger charge is 2.03. The fourth-order valence-corrected chi connectivity index (χ4v) is 2.19. The second kappa shape index (κ2) is 7.91. The summed E-state index contributed by atoms with van der Waals surface area (Å²) in [4.78, 5) is 11.7. The molecule has 0 aromatic heterocycles. The number of hydrogen-bond acceptors (Lipinski definition) is 2. The largest absolute Gasteiger partial charge is 0.484 e. The number of nitrogens with one attached hydrogen (secondary N) is 1. The van der Waals surface area contributed by atoms with Gasteiger partial charge in [0.1, 0.15) is 5.75 Å². The molecule has 110 valence electrons. The Bertz CT molecular complexity index is 617. The third-order valence-electron chi connectivity index (χ3n) is 2.79. The number of carbonyl (C=O) groups is 1. The summed E-state index contributed by atoms with van der Waals surface area (Å²) in [6, 6.07) is 14.5. The molecular weight excluding hydrogens is 309 g/mol. The first kappa shape index (κ1) is 15.7. The van der Waals surface area contributed by atoms with Gasteiger partial charge in [-0.2, -0.15) is 0 Å². The Hall–Kier alpha value is -1.71. The minimum absolute atomic E-state index is 0.0319. The van der Waals surface area contributed by atoms with Crippen LogP contribution < -0.4 is 10.1 Å². The molecule has 3 nitrogen and oxygen atoms in total. The number of halogens is 2. The predicted molar refractivity (Wildman–Crippen MR) is 85.1 cm³/mol. The van der Waals surface area contributed by atoms with E-state index < -0.39 is 0 Å². The molecule has 1 N–H and O–H groups in total. The van der Waals surface area contributed by atoms with Gasteiger partial charge in [-0.3, -0.25) is 4.79 Å². The van der Waals surface area contributed by atoms with Crippen LogP contribution in [0.25, 0.3) is 0 Å². The first-order valence-corrected chi connectivity index (χ1v) is 7.28. The summed E-state index contributed by atoms with van der Waals surface area (Å²) in [6.07, 6.45) is 0.726. The van der Waals surface area contributed by atoms with E-state index in [1.807, 2.05) is 24.3 Å². The highest BCUT2D eigenvalue weighted by molar-refractivity contribution is 6.30. The average Bonchev–Trinajstić information content (AvgIpc) is 2.45. The maximum absolute atomic E-state index is 11.7. The van der Waals surface area contributed by atoms with Crippen molar-refractivity contribution in [1.82, 2.24) is 5.32 Å². The van der Waals surface area contributed by atoms with Gasteiger partial charge in [0, 0.05) is 16.6 Å². The first-order valence-electron chi connectivity index (χ1n) is 6.53. The van der Waals surface area contributed by atoms with E-state index in [2.05, 4.69) is 5.32 Å². The van der Waals surface area contributed by atoms with Gasteiger partial charge in [-0.05, 0) is 42.3 Å². The highest BCUT2D eigenvalue weighted by atomic mass is 35.5. The Balaban J connectivity index is 1.70. The van der Waals surface area contributed by atoms with Gasteiger partial charge in [-0.25, -0.2) is 0 Å². The lowest BCUT2D eigenvalue weighted by Gasteiger charge is -2.08. The van der Waals surface area contributed by atoms with E-state index in [0.717, 1.165) is 12.0 Å². The first-order chi connectivity index (χ1) is 10.1. The van der Waals surface area contributed by atoms with Crippen LogP contribution in [0.1, 0.15) is 5.56 Å². The van der Waals surface area contributed by atoms with Crippen LogP contribution in [0.5, 0.6) is 5.75 Å². The molecule has 0 bridgehead atoms. The Morgan fingerprint density at radius 3 is 2.48 bits per heavy atom. The van der Waals surface area contributed by atoms with Crippen LogP contribution >= 0.6 is 23.2 Å². The molecular formula is C16H15Cl2NO2. The highest BCUT2D eigenvalue weighted by Crippen LogP contribution is 2.16. The zero-order valence-electron chi connectivity index (χ0n) is 11.3. The smallest absolute Gasteiger partial charge is 0.257 e. The van der Waals surface area contributed by atoms with Gasteiger partial charge in [0.2, 0.25) is 0 Å². The van der Waals surface area contributed by atoms with E-state index >= 15 is 0 Å². The van der Waals surface area contributed by atoms with Crippen LogP contribution in [-0.4, -0.2) is 19.1 Å². The summed E-state index contributed by atoms with van der Waals surface area (Å²) in [7, 11) is 0. The molecule has 21 heavy (non-hydrogen) atoms. The Kier molecular flexibility index (Phi) is 5.90. The molecule has 0 spiro atoms. The van der Waals surface area contributed by atoms with Crippen LogP contribution in [0.15, 0.2) is 48.5 Å². The van der Waals surface area contributed by atoms with E-state index in [0.29, 0.717) is 22.3 Å². The molecule has 0 saturated carbocycles. The van der Waals surface area contributed by atoms with Crippen LogP contribution in [0, 0.1) is 0 Å². The van der Waals surface area contributed by atoms with Crippen LogP contribution in [0.3, 0.4) is 0 Å². The lowest BCUT2D eigenvalue weighted by molar-refractivity contribution is -0.123. The number of hydrogen-bond donors (Lipinski definition) is 1. The second-order valence-corrected chi connectivity index (χ2v) is 5.35. The molecule has 0 aliphatic rings. The fraction of sp³-hybridized carbons (Fsp3) is 0.188. The van der Waals surface area contributed by atoms with E-state index in [-0.39, 0.29) is 12.5 Å². The topological polar surface area (TPSA) is 38.3 Å². The minimum atomic E-state index is -0.169. The SMILES string of the molecule is O=C(COc1cccc(Cl)c1)NCCc1cccc(Cl)c1. The predicted octanol–water partition coefficient (Wildman–Crippen LogP) is 3.73. The third kappa shape index (κ3) is 5.66. The van der Waals surface area contributed by atoms with Gasteiger partial charge in [0.05, 0.1) is 0 Å². The van der Waals surface area contributed by atoms with Gasteiger partial charge in [0.15, 0.2) is 6.61 Å². The van der Waals surface area contributed by atoms with Crippen LogP contribution in [0.4, 0.5) is 0 Å². The number of benzene rings is 2. The fourth-order valence-electron chi connectivity index (χ4n) is 1.80. The molecule has 2 rings (SSSR count). The van der Waals surface area contributed by atoms with E-state index in [4.69, 9.17) is 27.9 Å². The summed E-state index contributed by atoms with van der Waals surface area (Å²) >= 11 is 11.7. The lowest BCUT2D eigenvalue weighted by atomic mass is 10.1. The van der Waals surface area contributed by atoms with Crippen molar-refractivity contribution in [2.75, 3.05) is 13.2 Å². The van der Waals surface area contributed by atoms with Crippen molar-refractivity contribution >= 4 is 29.1 Å². The summed E-state index contributed by atoms with van der Waals surface area (Å²) in [6.45, 7) is 0.508. The van der Waals surface area contributed by atoms with Crippen molar-refractivity contribution in [2.24, 2.45) is 0 Å². The molecule has 0 fully saturated rings. The van der Waals surface area contributed by atoms with Gasteiger partial charge in [-0.1, -0.05) is 41.4 Å². The summed E-state index contributed by atoms with van der Waals surface area (Å²) in [5.41, 5.74) is 1.08. The summed E-state index contributed by atoms with van der Waals surface area (Å²) in [5, 5.41) is 4.07. The second-order valence-electron chi connectivity index (χ2n) is 4.48. The molecule has 0 saturated heterocycles. The van der Waals surface area contributed by atoms with Crippen molar-refractivity contribution in [3.8, 4) is 5.75 Å². The molecule has 0 atom stereocenters. The Morgan fingerprint density at radius 1 is 1.05 bits per heavy atom. The van der Waals surface area contributed by atoms with Crippen molar-refractivity contribution in [2.45, 2.75) is 6.42 Å². The molecule has 0 heterocycles. The monoisotopic (exact) mass is 323 g/mol. The number of carbonyl (C=O) groups excluding carboxylic acids is 1. The molecule has 0 unspecified atom stereocenters. The quantitative estimate of drug-likeness (QED) is 0.879.